The number of benzene rings is 1. The van der Waals surface area contributed by atoms with Crippen molar-refractivity contribution in [2.45, 2.75) is 44.6 Å². The molecular weight excluding hydrogens is 461 g/mol. The van der Waals surface area contributed by atoms with E-state index in [0.29, 0.717) is 12.1 Å². The fraction of sp³-hybridized carbons (Fsp3) is 0.304. The largest absolute Gasteiger partial charge is 0.758 e. The minimum Gasteiger partial charge on any atom is -0.758 e. The van der Waals surface area contributed by atoms with Crippen LogP contribution >= 0.6 is 0 Å². The van der Waals surface area contributed by atoms with E-state index in [2.05, 4.69) is 10.3 Å². The predicted octanol–water partition coefficient (Wildman–Crippen LogP) is 4.56. The second-order valence-electron chi connectivity index (χ2n) is 8.34. The maximum atomic E-state index is 14.3. The molecule has 1 aromatic carbocycles. The molecule has 2 atom stereocenters. The average molecular weight is 482 g/mol. The normalized spacial score (nSPS) is 17.4. The number of halogens is 5. The monoisotopic (exact) mass is 482 g/mol. The highest BCUT2D eigenvalue weighted by Gasteiger charge is 2.39. The van der Waals surface area contributed by atoms with Gasteiger partial charge in [-0.25, -0.2) is 13.8 Å². The molecule has 6 nitrogen and oxygen atoms in total. The van der Waals surface area contributed by atoms with Crippen LogP contribution in [-0.2, 0) is 5.60 Å². The zero-order valence-corrected chi connectivity index (χ0v) is 18.3. The molecule has 1 aromatic heterocycles. The summed E-state index contributed by atoms with van der Waals surface area (Å²) in [5.74, 6) is -2.44. The summed E-state index contributed by atoms with van der Waals surface area (Å²) >= 11 is 0. The van der Waals surface area contributed by atoms with Gasteiger partial charge in [0.15, 0.2) is 0 Å². The lowest BCUT2D eigenvalue weighted by Crippen LogP contribution is -2.42. The first-order chi connectivity index (χ1) is 15.7. The SMILES string of the molecule is C[C@@H](NC(=O)c1cc(-c2ccc(F)cc2F)nc(C(C)(C)O)c1)C1=CN([O-])C(C(F)(F)F)C=C1. The lowest BCUT2D eigenvalue weighted by atomic mass is 9.99. The molecule has 0 spiro atoms. The molecule has 2 heterocycles. The Labute approximate surface area is 192 Å². The van der Waals surface area contributed by atoms with Gasteiger partial charge in [-0.15, -0.1) is 0 Å². The number of aromatic nitrogens is 1. The first kappa shape index (κ1) is 25.3. The quantitative estimate of drug-likeness (QED) is 0.611. The second-order valence-corrected chi connectivity index (χ2v) is 8.34. The van der Waals surface area contributed by atoms with Crippen molar-refractivity contribution in [3.63, 3.8) is 0 Å². The van der Waals surface area contributed by atoms with Gasteiger partial charge in [0.2, 0.25) is 0 Å². The number of amides is 1. The first-order valence-electron chi connectivity index (χ1n) is 10.1. The molecule has 182 valence electrons. The molecule has 1 amide bonds. The van der Waals surface area contributed by atoms with Crippen LogP contribution in [0.5, 0.6) is 0 Å². The summed E-state index contributed by atoms with van der Waals surface area (Å²) in [4.78, 5) is 17.1. The number of pyridine rings is 1. The van der Waals surface area contributed by atoms with Crippen LogP contribution in [0.2, 0.25) is 0 Å². The molecule has 1 aliphatic heterocycles. The number of hydrogen-bond acceptors (Lipinski definition) is 5. The zero-order valence-electron chi connectivity index (χ0n) is 18.3. The van der Waals surface area contributed by atoms with Gasteiger partial charge in [-0.3, -0.25) is 4.79 Å². The Morgan fingerprint density at radius 1 is 1.21 bits per heavy atom. The van der Waals surface area contributed by atoms with Crippen LogP contribution in [0.25, 0.3) is 11.3 Å². The van der Waals surface area contributed by atoms with Crippen LogP contribution in [0.4, 0.5) is 22.0 Å². The molecule has 0 aliphatic carbocycles. The second kappa shape index (κ2) is 9.15. The number of hydroxylamine groups is 2. The maximum absolute atomic E-state index is 14.3. The van der Waals surface area contributed by atoms with Crippen molar-refractivity contribution >= 4 is 5.91 Å². The van der Waals surface area contributed by atoms with Crippen LogP contribution < -0.4 is 5.32 Å². The Balaban J connectivity index is 1.90. The van der Waals surface area contributed by atoms with E-state index in [-0.39, 0.29) is 33.2 Å². The summed E-state index contributed by atoms with van der Waals surface area (Å²) in [6, 6.07) is 2.14. The van der Waals surface area contributed by atoms with E-state index in [1.54, 1.807) is 0 Å². The number of aliphatic hydroxyl groups is 1. The molecule has 2 N–H and O–H groups in total. The minimum atomic E-state index is -4.75. The van der Waals surface area contributed by atoms with Crippen LogP contribution in [0, 0.1) is 16.8 Å². The molecule has 0 fully saturated rings. The Morgan fingerprint density at radius 3 is 2.44 bits per heavy atom. The van der Waals surface area contributed by atoms with E-state index in [4.69, 9.17) is 0 Å². The van der Waals surface area contributed by atoms with Gasteiger partial charge in [0.1, 0.15) is 23.3 Å². The van der Waals surface area contributed by atoms with Gasteiger partial charge in [0.25, 0.3) is 5.91 Å². The number of carbonyl (C=O) groups is 1. The van der Waals surface area contributed by atoms with Crippen LogP contribution in [-0.4, -0.2) is 39.3 Å². The van der Waals surface area contributed by atoms with Crippen molar-refractivity contribution in [2.75, 3.05) is 0 Å². The summed E-state index contributed by atoms with van der Waals surface area (Å²) in [7, 11) is 0. The lowest BCUT2D eigenvalue weighted by Gasteiger charge is -2.38. The predicted molar refractivity (Wildman–Crippen MR) is 114 cm³/mol. The number of rotatable bonds is 5. The van der Waals surface area contributed by atoms with E-state index < -0.39 is 41.4 Å². The van der Waals surface area contributed by atoms with Crippen LogP contribution in [0.3, 0.4) is 0 Å². The fourth-order valence-corrected chi connectivity index (χ4v) is 3.24. The van der Waals surface area contributed by atoms with Gasteiger partial charge in [-0.05, 0) is 56.8 Å². The number of carbonyl (C=O) groups excluding carboxylic acids is 1. The third-order valence-electron chi connectivity index (χ3n) is 5.13. The third-order valence-corrected chi connectivity index (χ3v) is 5.13. The summed E-state index contributed by atoms with van der Waals surface area (Å²) in [6.07, 6.45) is -2.20. The molecule has 0 bridgehead atoms. The fourth-order valence-electron chi connectivity index (χ4n) is 3.24. The van der Waals surface area contributed by atoms with E-state index in [1.165, 1.54) is 32.9 Å². The van der Waals surface area contributed by atoms with Crippen LogP contribution in [0.1, 0.15) is 36.8 Å². The van der Waals surface area contributed by atoms with Gasteiger partial charge < -0.3 is 20.7 Å². The maximum Gasteiger partial charge on any atom is 0.411 e. The summed E-state index contributed by atoms with van der Waals surface area (Å²) in [5, 5.41) is 24.5. The summed E-state index contributed by atoms with van der Waals surface area (Å²) in [6.45, 7) is 4.28. The van der Waals surface area contributed by atoms with Gasteiger partial charge in [-0.1, -0.05) is 12.2 Å². The van der Waals surface area contributed by atoms with Crippen molar-refractivity contribution in [3.8, 4) is 11.3 Å². The van der Waals surface area contributed by atoms with E-state index in [0.717, 1.165) is 24.4 Å². The van der Waals surface area contributed by atoms with E-state index in [1.807, 2.05) is 0 Å². The van der Waals surface area contributed by atoms with Crippen molar-refractivity contribution in [1.82, 2.24) is 15.4 Å². The molecule has 1 aliphatic rings. The van der Waals surface area contributed by atoms with Crippen molar-refractivity contribution in [2.24, 2.45) is 0 Å². The minimum absolute atomic E-state index is 0.0297. The molecule has 2 aromatic rings. The third kappa shape index (κ3) is 5.60. The first-order valence-corrected chi connectivity index (χ1v) is 10.1. The van der Waals surface area contributed by atoms with Crippen molar-refractivity contribution < 1.29 is 31.9 Å². The van der Waals surface area contributed by atoms with Crippen molar-refractivity contribution in [1.29, 1.82) is 0 Å². The summed E-state index contributed by atoms with van der Waals surface area (Å²) < 4.78 is 66.2. The van der Waals surface area contributed by atoms with Gasteiger partial charge >= 0.3 is 6.18 Å². The molecule has 34 heavy (non-hydrogen) atoms. The smallest absolute Gasteiger partial charge is 0.411 e. The van der Waals surface area contributed by atoms with E-state index in [9.17, 15) is 37.1 Å². The van der Waals surface area contributed by atoms with Crippen molar-refractivity contribution in [3.05, 3.63) is 82.4 Å². The van der Waals surface area contributed by atoms with E-state index >= 15 is 0 Å². The zero-order chi connectivity index (χ0) is 25.4. The Kier molecular flexibility index (Phi) is 6.81. The Morgan fingerprint density at radius 2 is 1.88 bits per heavy atom. The van der Waals surface area contributed by atoms with Gasteiger partial charge in [0, 0.05) is 17.2 Å². The van der Waals surface area contributed by atoms with Gasteiger partial charge in [0.05, 0.1) is 17.4 Å². The molecule has 0 radical (unpaired) electrons. The number of nitrogens with zero attached hydrogens (tertiary/aromatic N) is 2. The number of nitrogens with one attached hydrogen (secondary N) is 1. The lowest BCUT2D eigenvalue weighted by molar-refractivity contribution is -0.158. The number of hydrogen-bond donors (Lipinski definition) is 2. The highest BCUT2D eigenvalue weighted by Crippen LogP contribution is 2.30. The van der Waals surface area contributed by atoms with Gasteiger partial charge in [-0.2, -0.15) is 13.2 Å². The topological polar surface area (TPSA) is 88.5 Å². The van der Waals surface area contributed by atoms with Crippen LogP contribution in [0.15, 0.2) is 54.3 Å². The Hall–Kier alpha value is -3.31. The molecule has 3 rings (SSSR count). The molecule has 0 saturated carbocycles. The molecule has 1 unspecified atom stereocenters. The molecular formula is C23H21F5N3O3-. The number of alkyl halides is 3. The molecule has 11 heteroatoms. The Bertz CT molecular complexity index is 1160. The highest BCUT2D eigenvalue weighted by atomic mass is 19.4. The highest BCUT2D eigenvalue weighted by molar-refractivity contribution is 5.95. The standard InChI is InChI=1S/C23H21F5N3O3/c1-12(13-4-7-20(23(26,27)28)31(34)11-13)29-21(32)14-8-18(30-19(9-14)22(2,3)33)16-6-5-15(24)10-17(16)25/h4-12,20,33H,1-3H3,(H,29,32)/q-1/t12-,20?/m1/s1. The molecule has 0 saturated heterocycles. The average Bonchev–Trinajstić information content (AvgIpc) is 2.71. The summed E-state index contributed by atoms with van der Waals surface area (Å²) in [5.41, 5.74) is -1.53.